The first-order valence-electron chi connectivity index (χ1n) is 7.65. The summed E-state index contributed by atoms with van der Waals surface area (Å²) in [4.78, 5) is 14.7. The highest BCUT2D eigenvalue weighted by atomic mass is 16.2. The third kappa shape index (κ3) is 2.35. The predicted molar refractivity (Wildman–Crippen MR) is 80.5 cm³/mol. The fourth-order valence-corrected chi connectivity index (χ4v) is 3.38. The van der Waals surface area contributed by atoms with Crippen molar-refractivity contribution in [1.29, 1.82) is 0 Å². The van der Waals surface area contributed by atoms with Gasteiger partial charge in [-0.3, -0.25) is 4.79 Å². The van der Waals surface area contributed by atoms with Crippen LogP contribution >= 0.6 is 0 Å². The average molecular weight is 272 g/mol. The second kappa shape index (κ2) is 5.21. The third-order valence-corrected chi connectivity index (χ3v) is 5.17. The average Bonchev–Trinajstić information content (AvgIpc) is 2.81. The van der Waals surface area contributed by atoms with Crippen LogP contribution in [0.5, 0.6) is 0 Å². The van der Waals surface area contributed by atoms with Crippen LogP contribution in [0.25, 0.3) is 0 Å². The number of nitrogens with zero attached hydrogens (tertiary/aromatic N) is 1. The van der Waals surface area contributed by atoms with Crippen molar-refractivity contribution in [3.8, 4) is 0 Å². The molecule has 2 fully saturated rings. The van der Waals surface area contributed by atoms with Gasteiger partial charge < -0.3 is 10.2 Å². The lowest BCUT2D eigenvalue weighted by Crippen LogP contribution is -2.50. The Morgan fingerprint density at radius 1 is 1.35 bits per heavy atom. The fraction of sp³-hybridized carbons (Fsp3) is 0.588. The largest absolute Gasteiger partial charge is 0.342 e. The van der Waals surface area contributed by atoms with E-state index in [1.54, 1.807) is 0 Å². The summed E-state index contributed by atoms with van der Waals surface area (Å²) in [5, 5.41) is 3.26. The van der Waals surface area contributed by atoms with E-state index in [4.69, 9.17) is 0 Å². The number of amides is 1. The van der Waals surface area contributed by atoms with E-state index in [2.05, 4.69) is 54.4 Å². The molecule has 3 rings (SSSR count). The molecule has 1 N–H and O–H groups in total. The molecule has 2 aliphatic rings. The Labute approximate surface area is 121 Å². The van der Waals surface area contributed by atoms with E-state index in [1.807, 2.05) is 0 Å². The first-order valence-corrected chi connectivity index (χ1v) is 7.65. The summed E-state index contributed by atoms with van der Waals surface area (Å²) in [6, 6.07) is 10.6. The highest BCUT2D eigenvalue weighted by Gasteiger charge is 2.40. The number of likely N-dealkylation sites (tertiary alicyclic amines) is 1. The van der Waals surface area contributed by atoms with Crippen LogP contribution in [0.4, 0.5) is 0 Å². The van der Waals surface area contributed by atoms with Crippen LogP contribution in [0, 0.1) is 11.8 Å². The van der Waals surface area contributed by atoms with Crippen LogP contribution in [0.15, 0.2) is 30.3 Å². The summed E-state index contributed by atoms with van der Waals surface area (Å²) in [6.45, 7) is 8.12. The van der Waals surface area contributed by atoms with Gasteiger partial charge in [-0.25, -0.2) is 0 Å². The van der Waals surface area contributed by atoms with Gasteiger partial charge in [0.25, 0.3) is 0 Å². The van der Waals surface area contributed by atoms with Gasteiger partial charge in [0.05, 0.1) is 0 Å². The van der Waals surface area contributed by atoms with Crippen LogP contribution in [-0.2, 0) is 10.2 Å². The quantitative estimate of drug-likeness (QED) is 0.913. The van der Waals surface area contributed by atoms with Gasteiger partial charge in [0.15, 0.2) is 0 Å². The highest BCUT2D eigenvalue weighted by molar-refractivity contribution is 5.79. The summed E-state index contributed by atoms with van der Waals surface area (Å²) in [5.41, 5.74) is 1.47. The zero-order valence-electron chi connectivity index (χ0n) is 12.4. The van der Waals surface area contributed by atoms with Gasteiger partial charge in [-0.2, -0.15) is 0 Å². The second-order valence-electron chi connectivity index (χ2n) is 6.64. The van der Waals surface area contributed by atoms with Crippen molar-refractivity contribution in [2.45, 2.75) is 25.7 Å². The molecule has 0 spiro atoms. The summed E-state index contributed by atoms with van der Waals surface area (Å²) in [6.07, 6.45) is 1.07. The number of carbonyl (C=O) groups excluding carboxylic acids is 1. The third-order valence-electron chi connectivity index (χ3n) is 5.17. The molecule has 0 aliphatic carbocycles. The molecular formula is C17H24N2O. The van der Waals surface area contributed by atoms with Crippen LogP contribution in [0.3, 0.4) is 0 Å². The van der Waals surface area contributed by atoms with Crippen molar-refractivity contribution in [2.75, 3.05) is 26.2 Å². The Hall–Kier alpha value is -1.35. The Morgan fingerprint density at radius 3 is 2.65 bits per heavy atom. The summed E-state index contributed by atoms with van der Waals surface area (Å²) in [7, 11) is 0. The lowest BCUT2D eigenvalue weighted by molar-refractivity contribution is -0.136. The summed E-state index contributed by atoms with van der Waals surface area (Å²) in [5.74, 6) is 1.04. The molecule has 0 aromatic heterocycles. The van der Waals surface area contributed by atoms with Gasteiger partial charge in [-0.1, -0.05) is 44.2 Å². The van der Waals surface area contributed by atoms with Gasteiger partial charge in [0.1, 0.15) is 0 Å². The fourth-order valence-electron chi connectivity index (χ4n) is 3.38. The SMILES string of the molecule is CC(C(=O)N1CCC(C)(c2ccccc2)C1)C1CNC1. The van der Waals surface area contributed by atoms with Crippen LogP contribution in [0.2, 0.25) is 0 Å². The molecule has 0 radical (unpaired) electrons. The summed E-state index contributed by atoms with van der Waals surface area (Å²) >= 11 is 0. The molecule has 2 aliphatic heterocycles. The molecule has 2 saturated heterocycles. The van der Waals surface area contributed by atoms with Gasteiger partial charge in [-0.15, -0.1) is 0 Å². The lowest BCUT2D eigenvalue weighted by atomic mass is 9.82. The molecule has 2 heterocycles. The van der Waals surface area contributed by atoms with E-state index in [0.717, 1.165) is 32.6 Å². The zero-order chi connectivity index (χ0) is 14.2. The number of benzene rings is 1. The van der Waals surface area contributed by atoms with E-state index in [-0.39, 0.29) is 11.3 Å². The van der Waals surface area contributed by atoms with Crippen molar-refractivity contribution in [1.82, 2.24) is 10.2 Å². The van der Waals surface area contributed by atoms with Gasteiger partial charge >= 0.3 is 0 Å². The van der Waals surface area contributed by atoms with Gasteiger partial charge in [0.2, 0.25) is 5.91 Å². The number of nitrogens with one attached hydrogen (secondary N) is 1. The second-order valence-corrected chi connectivity index (χ2v) is 6.64. The molecule has 2 unspecified atom stereocenters. The molecule has 108 valence electrons. The maximum absolute atomic E-state index is 12.6. The lowest BCUT2D eigenvalue weighted by Gasteiger charge is -2.34. The molecule has 3 nitrogen and oxygen atoms in total. The van der Waals surface area contributed by atoms with E-state index < -0.39 is 0 Å². The standard InChI is InChI=1S/C17H24N2O/c1-13(14-10-18-11-14)16(20)19-9-8-17(2,12-19)15-6-4-3-5-7-15/h3-7,13-14,18H,8-12H2,1-2H3. The Bertz CT molecular complexity index is 483. The van der Waals surface area contributed by atoms with Crippen molar-refractivity contribution < 1.29 is 4.79 Å². The number of rotatable bonds is 3. The minimum atomic E-state index is 0.120. The minimum absolute atomic E-state index is 0.120. The molecule has 20 heavy (non-hydrogen) atoms. The van der Waals surface area contributed by atoms with Crippen molar-refractivity contribution >= 4 is 5.91 Å². The van der Waals surface area contributed by atoms with E-state index in [0.29, 0.717) is 11.8 Å². The first-order chi connectivity index (χ1) is 9.60. The molecule has 1 aromatic carbocycles. The number of hydrogen-bond acceptors (Lipinski definition) is 2. The molecule has 2 atom stereocenters. The van der Waals surface area contributed by atoms with E-state index in [1.165, 1.54) is 5.56 Å². The zero-order valence-corrected chi connectivity index (χ0v) is 12.4. The van der Waals surface area contributed by atoms with Crippen LogP contribution < -0.4 is 5.32 Å². The van der Waals surface area contributed by atoms with Crippen molar-refractivity contribution in [2.24, 2.45) is 11.8 Å². The molecule has 3 heteroatoms. The number of carbonyl (C=O) groups is 1. The molecule has 1 aromatic rings. The van der Waals surface area contributed by atoms with Gasteiger partial charge in [-0.05, 0) is 31.0 Å². The number of hydrogen-bond donors (Lipinski definition) is 1. The Morgan fingerprint density at radius 2 is 2.05 bits per heavy atom. The van der Waals surface area contributed by atoms with E-state index in [9.17, 15) is 4.79 Å². The van der Waals surface area contributed by atoms with Crippen LogP contribution in [-0.4, -0.2) is 37.0 Å². The molecule has 0 saturated carbocycles. The monoisotopic (exact) mass is 272 g/mol. The van der Waals surface area contributed by atoms with E-state index >= 15 is 0 Å². The van der Waals surface area contributed by atoms with Gasteiger partial charge in [0, 0.05) is 24.4 Å². The molecule has 1 amide bonds. The van der Waals surface area contributed by atoms with Crippen molar-refractivity contribution in [3.05, 3.63) is 35.9 Å². The minimum Gasteiger partial charge on any atom is -0.342 e. The first kappa shape index (κ1) is 13.6. The topological polar surface area (TPSA) is 32.3 Å². The normalized spacial score (nSPS) is 28.2. The predicted octanol–water partition coefficient (Wildman–Crippen LogP) is 2.03. The molecule has 0 bridgehead atoms. The maximum atomic E-state index is 12.6. The summed E-state index contributed by atoms with van der Waals surface area (Å²) < 4.78 is 0. The van der Waals surface area contributed by atoms with Crippen LogP contribution in [0.1, 0.15) is 25.8 Å². The smallest absolute Gasteiger partial charge is 0.225 e. The Kier molecular flexibility index (Phi) is 3.55. The van der Waals surface area contributed by atoms with Crippen molar-refractivity contribution in [3.63, 3.8) is 0 Å². The highest BCUT2D eigenvalue weighted by Crippen LogP contribution is 2.35. The maximum Gasteiger partial charge on any atom is 0.225 e. The Balaban J connectivity index is 1.68. The molecular weight excluding hydrogens is 248 g/mol.